The first kappa shape index (κ1) is 20.1. The van der Waals surface area contributed by atoms with Crippen LogP contribution in [0.1, 0.15) is 44.0 Å². The van der Waals surface area contributed by atoms with Crippen molar-refractivity contribution < 1.29 is 9.53 Å². The number of anilines is 1. The first-order chi connectivity index (χ1) is 14.1. The van der Waals surface area contributed by atoms with Gasteiger partial charge in [0.2, 0.25) is 0 Å². The van der Waals surface area contributed by atoms with E-state index in [9.17, 15) is 4.79 Å². The van der Waals surface area contributed by atoms with E-state index in [2.05, 4.69) is 41.2 Å². The Morgan fingerprint density at radius 1 is 1.23 bits per heavy atom. The molecule has 9 nitrogen and oxygen atoms in total. The number of rotatable bonds is 5. The van der Waals surface area contributed by atoms with Crippen molar-refractivity contribution in [3.05, 3.63) is 36.4 Å². The summed E-state index contributed by atoms with van der Waals surface area (Å²) in [5.74, 6) is -0.533. The van der Waals surface area contributed by atoms with Crippen LogP contribution in [0.4, 0.5) is 5.69 Å². The maximum Gasteiger partial charge on any atom is 0.316 e. The van der Waals surface area contributed by atoms with Crippen molar-refractivity contribution in [2.75, 3.05) is 12.4 Å². The molecule has 0 aliphatic heterocycles. The summed E-state index contributed by atoms with van der Waals surface area (Å²) in [6, 6.07) is 2.32. The maximum atomic E-state index is 12.1. The number of amides is 1. The summed E-state index contributed by atoms with van der Waals surface area (Å²) in [7, 11) is 1.52. The molecule has 3 heterocycles. The van der Waals surface area contributed by atoms with Crippen LogP contribution in [0.2, 0.25) is 0 Å². The van der Waals surface area contributed by atoms with Gasteiger partial charge >= 0.3 is 6.01 Å². The number of primary amides is 1. The lowest BCUT2D eigenvalue weighted by atomic mass is 9.75. The Kier molecular flexibility index (Phi) is 4.65. The van der Waals surface area contributed by atoms with Crippen LogP contribution in [0.3, 0.4) is 0 Å². The Balaban J connectivity index is 1.79. The molecule has 0 saturated heterocycles. The maximum absolute atomic E-state index is 12.1. The zero-order valence-corrected chi connectivity index (χ0v) is 17.6. The van der Waals surface area contributed by atoms with Crippen LogP contribution in [0.5, 0.6) is 6.01 Å². The summed E-state index contributed by atoms with van der Waals surface area (Å²) in [6.45, 7) is 6.38. The molecule has 1 fully saturated rings. The normalized spacial score (nSPS) is 22.9. The number of fused-ring (bicyclic) bond motifs is 1. The average Bonchev–Trinajstić information content (AvgIpc) is 3.22. The van der Waals surface area contributed by atoms with Gasteiger partial charge in [-0.3, -0.25) is 4.79 Å². The molecule has 5 N–H and O–H groups in total. The van der Waals surface area contributed by atoms with Gasteiger partial charge < -0.3 is 21.5 Å². The number of methoxy groups -OCH3 is 1. The van der Waals surface area contributed by atoms with Crippen LogP contribution in [0, 0.1) is 5.41 Å². The molecule has 4 rings (SSSR count). The summed E-state index contributed by atoms with van der Waals surface area (Å²) in [6.07, 6.45) is 8.51. The molecule has 0 bridgehead atoms. The molecular formula is C21H27N7O2. The second-order valence-electron chi connectivity index (χ2n) is 8.69. The standard InChI is InChI=1S/C21H27N7O2/c1-20(2)16(5-6-21(20,3)23)27-17-14(18(22)29)10-26-28-11-12(7-15(17)28)13-8-24-19(30-4)25-9-13/h7-11,16,27H,5-6,23H2,1-4H3,(H2,22,29)/t16-,21+/m1/s1. The predicted octanol–water partition coefficient (Wildman–Crippen LogP) is 2.22. The molecule has 0 radical (unpaired) electrons. The van der Waals surface area contributed by atoms with E-state index in [0.29, 0.717) is 17.3 Å². The number of nitrogens with two attached hydrogens (primary N) is 2. The van der Waals surface area contributed by atoms with Crippen molar-refractivity contribution in [1.82, 2.24) is 19.6 Å². The van der Waals surface area contributed by atoms with Gasteiger partial charge in [-0.15, -0.1) is 0 Å². The molecule has 2 atom stereocenters. The largest absolute Gasteiger partial charge is 0.467 e. The monoisotopic (exact) mass is 409 g/mol. The molecule has 3 aromatic rings. The van der Waals surface area contributed by atoms with Gasteiger partial charge in [-0.2, -0.15) is 5.10 Å². The minimum absolute atomic E-state index is 0.0828. The van der Waals surface area contributed by atoms with Crippen LogP contribution >= 0.6 is 0 Å². The molecule has 30 heavy (non-hydrogen) atoms. The molecule has 0 aromatic carbocycles. The van der Waals surface area contributed by atoms with Crippen LogP contribution in [-0.4, -0.2) is 44.2 Å². The first-order valence-corrected chi connectivity index (χ1v) is 9.87. The van der Waals surface area contributed by atoms with Gasteiger partial charge in [-0.1, -0.05) is 13.8 Å². The van der Waals surface area contributed by atoms with Crippen LogP contribution in [-0.2, 0) is 0 Å². The minimum Gasteiger partial charge on any atom is -0.467 e. The number of ether oxygens (including phenoxy) is 1. The Bertz CT molecular complexity index is 1100. The van der Waals surface area contributed by atoms with E-state index < -0.39 is 5.91 Å². The van der Waals surface area contributed by atoms with E-state index in [-0.39, 0.29) is 17.0 Å². The fraction of sp³-hybridized carbons (Fsp3) is 0.429. The SMILES string of the molecule is COc1ncc(-c2cc3c(N[C@@H]4CC[C@](C)(N)C4(C)C)c(C(N)=O)cnn3c2)cn1. The van der Waals surface area contributed by atoms with Gasteiger partial charge in [0.25, 0.3) is 5.91 Å². The molecule has 0 spiro atoms. The Morgan fingerprint density at radius 2 is 1.93 bits per heavy atom. The highest BCUT2D eigenvalue weighted by atomic mass is 16.5. The summed E-state index contributed by atoms with van der Waals surface area (Å²) < 4.78 is 6.74. The molecule has 1 amide bonds. The van der Waals surface area contributed by atoms with Crippen molar-refractivity contribution >= 4 is 17.1 Å². The Labute approximate surface area is 174 Å². The summed E-state index contributed by atoms with van der Waals surface area (Å²) >= 11 is 0. The Hall–Kier alpha value is -3.20. The summed E-state index contributed by atoms with van der Waals surface area (Å²) in [4.78, 5) is 20.5. The number of aromatic nitrogens is 4. The van der Waals surface area contributed by atoms with Crippen molar-refractivity contribution in [2.45, 2.75) is 45.2 Å². The average molecular weight is 409 g/mol. The van der Waals surface area contributed by atoms with Gasteiger partial charge in [0.1, 0.15) is 0 Å². The molecule has 3 aromatic heterocycles. The second-order valence-corrected chi connectivity index (χ2v) is 8.69. The van der Waals surface area contributed by atoms with Crippen molar-refractivity contribution in [3.63, 3.8) is 0 Å². The molecule has 0 unspecified atom stereocenters. The lowest BCUT2D eigenvalue weighted by molar-refractivity contribution is 0.100. The van der Waals surface area contributed by atoms with Crippen LogP contribution < -0.4 is 21.5 Å². The van der Waals surface area contributed by atoms with E-state index in [4.69, 9.17) is 16.2 Å². The Morgan fingerprint density at radius 3 is 2.50 bits per heavy atom. The van der Waals surface area contributed by atoms with Crippen LogP contribution in [0.25, 0.3) is 16.6 Å². The van der Waals surface area contributed by atoms with E-state index in [0.717, 1.165) is 29.5 Å². The fourth-order valence-corrected chi connectivity index (χ4v) is 4.08. The minimum atomic E-state index is -0.533. The van der Waals surface area contributed by atoms with E-state index in [1.807, 2.05) is 12.3 Å². The lowest BCUT2D eigenvalue weighted by Gasteiger charge is -2.39. The zero-order valence-electron chi connectivity index (χ0n) is 17.6. The molecule has 1 aliphatic carbocycles. The second kappa shape index (κ2) is 6.94. The predicted molar refractivity (Wildman–Crippen MR) is 114 cm³/mol. The van der Waals surface area contributed by atoms with Crippen molar-refractivity contribution in [3.8, 4) is 17.1 Å². The first-order valence-electron chi connectivity index (χ1n) is 9.87. The quantitative estimate of drug-likeness (QED) is 0.588. The topological polar surface area (TPSA) is 133 Å². The number of carbonyl (C=O) groups is 1. The van der Waals surface area contributed by atoms with Crippen molar-refractivity contribution in [2.24, 2.45) is 16.9 Å². The third-order valence-corrected chi connectivity index (χ3v) is 6.66. The molecular weight excluding hydrogens is 382 g/mol. The lowest BCUT2D eigenvalue weighted by Crippen LogP contribution is -2.51. The summed E-state index contributed by atoms with van der Waals surface area (Å²) in [5, 5.41) is 7.94. The van der Waals surface area contributed by atoms with E-state index in [1.54, 1.807) is 16.9 Å². The number of nitrogens with zero attached hydrogens (tertiary/aromatic N) is 4. The zero-order chi connectivity index (χ0) is 21.7. The molecule has 1 saturated carbocycles. The smallest absolute Gasteiger partial charge is 0.316 e. The fourth-order valence-electron chi connectivity index (χ4n) is 4.08. The van der Waals surface area contributed by atoms with E-state index in [1.165, 1.54) is 13.3 Å². The highest BCUT2D eigenvalue weighted by Crippen LogP contribution is 2.46. The summed E-state index contributed by atoms with van der Waals surface area (Å²) in [5.41, 5.74) is 15.1. The van der Waals surface area contributed by atoms with Gasteiger partial charge in [-0.05, 0) is 25.8 Å². The number of hydrogen-bond donors (Lipinski definition) is 3. The van der Waals surface area contributed by atoms with E-state index >= 15 is 0 Å². The van der Waals surface area contributed by atoms with Gasteiger partial charge in [0, 0.05) is 46.7 Å². The third-order valence-electron chi connectivity index (χ3n) is 6.66. The highest BCUT2D eigenvalue weighted by molar-refractivity contribution is 6.02. The number of hydrogen-bond acceptors (Lipinski definition) is 7. The number of carbonyl (C=O) groups excluding carboxylic acids is 1. The van der Waals surface area contributed by atoms with Gasteiger partial charge in [0.15, 0.2) is 0 Å². The number of nitrogens with one attached hydrogen (secondary N) is 1. The van der Waals surface area contributed by atoms with Gasteiger partial charge in [-0.25, -0.2) is 14.5 Å². The molecule has 1 aliphatic rings. The molecule has 9 heteroatoms. The third kappa shape index (κ3) is 3.15. The van der Waals surface area contributed by atoms with Gasteiger partial charge in [0.05, 0.1) is 30.1 Å². The molecule has 158 valence electrons. The highest BCUT2D eigenvalue weighted by Gasteiger charge is 2.49. The van der Waals surface area contributed by atoms with Crippen molar-refractivity contribution in [1.29, 1.82) is 0 Å². The van der Waals surface area contributed by atoms with Crippen LogP contribution in [0.15, 0.2) is 30.9 Å².